The van der Waals surface area contributed by atoms with Gasteiger partial charge in [0.25, 0.3) is 0 Å². The van der Waals surface area contributed by atoms with Crippen LogP contribution in [0.2, 0.25) is 0 Å². The molecule has 2 aromatic rings. The van der Waals surface area contributed by atoms with E-state index in [4.69, 9.17) is 14.2 Å². The lowest BCUT2D eigenvalue weighted by Gasteiger charge is -2.42. The van der Waals surface area contributed by atoms with Crippen LogP contribution in [0.25, 0.3) is 0 Å². The lowest BCUT2D eigenvalue weighted by atomic mass is 9.68. The van der Waals surface area contributed by atoms with E-state index in [1.165, 1.54) is 14.0 Å². The van der Waals surface area contributed by atoms with E-state index in [-0.39, 0.29) is 12.3 Å². The molecule has 2 aliphatic heterocycles. The largest absolute Gasteiger partial charge is 0.466 e. The van der Waals surface area contributed by atoms with Crippen molar-refractivity contribution in [2.24, 2.45) is 5.92 Å². The molecule has 0 radical (unpaired) electrons. The van der Waals surface area contributed by atoms with Crippen molar-refractivity contribution in [3.63, 3.8) is 0 Å². The second-order valence-electron chi connectivity index (χ2n) is 11.6. The Labute approximate surface area is 229 Å². The molecule has 2 heterocycles. The van der Waals surface area contributed by atoms with Gasteiger partial charge in [-0.05, 0) is 50.8 Å². The Kier molecular flexibility index (Phi) is 6.91. The van der Waals surface area contributed by atoms with Crippen molar-refractivity contribution in [1.29, 1.82) is 0 Å². The molecule has 0 bridgehead atoms. The van der Waals surface area contributed by atoms with E-state index < -0.39 is 41.2 Å². The van der Waals surface area contributed by atoms with Crippen molar-refractivity contribution in [1.82, 2.24) is 4.90 Å². The van der Waals surface area contributed by atoms with Crippen LogP contribution in [-0.4, -0.2) is 54.3 Å². The number of methoxy groups -OCH3 is 1. The molecule has 4 atom stereocenters. The summed E-state index contributed by atoms with van der Waals surface area (Å²) in [5.74, 6) is -1.25. The molecule has 1 aliphatic carbocycles. The van der Waals surface area contributed by atoms with E-state index in [2.05, 4.69) is 11.4 Å². The average Bonchev–Trinajstić information content (AvgIpc) is 3.41. The monoisotopic (exact) mass is 532 g/mol. The van der Waals surface area contributed by atoms with E-state index in [1.807, 2.05) is 69.3 Å². The zero-order chi connectivity index (χ0) is 27.9. The van der Waals surface area contributed by atoms with Gasteiger partial charge in [-0.15, -0.1) is 0 Å². The molecule has 39 heavy (non-hydrogen) atoms. The molecule has 8 heteroatoms. The molecule has 1 N–H and O–H groups in total. The minimum absolute atomic E-state index is 0.167. The lowest BCUT2D eigenvalue weighted by Crippen LogP contribution is -2.54. The smallest absolute Gasteiger partial charge is 0.410 e. The van der Waals surface area contributed by atoms with Crippen molar-refractivity contribution in [3.8, 4) is 0 Å². The maximum Gasteiger partial charge on any atom is 0.410 e. The van der Waals surface area contributed by atoms with Crippen LogP contribution in [0.15, 0.2) is 65.9 Å². The lowest BCUT2D eigenvalue weighted by molar-refractivity contribution is -0.151. The molecule has 3 aliphatic rings. The SMILES string of the molecule is COC(=O)C1=C2Nc3ccccc3[C@]23CCN(C(=O)OC(C)(C)C)[C@@H]3[C@@H](Cc2ccccc2)[C@@H](OC(C)=O)C1. The van der Waals surface area contributed by atoms with E-state index in [1.54, 1.807) is 4.90 Å². The van der Waals surface area contributed by atoms with Gasteiger partial charge in [-0.3, -0.25) is 4.79 Å². The number of hydrogen-bond donors (Lipinski definition) is 1. The van der Waals surface area contributed by atoms with Crippen molar-refractivity contribution < 1.29 is 28.6 Å². The Balaban J connectivity index is 1.76. The fraction of sp³-hybridized carbons (Fsp3) is 0.452. The molecule has 1 saturated heterocycles. The number of nitrogens with one attached hydrogen (secondary N) is 1. The number of ether oxygens (including phenoxy) is 3. The van der Waals surface area contributed by atoms with Crippen LogP contribution < -0.4 is 5.32 Å². The van der Waals surface area contributed by atoms with Crippen LogP contribution in [0.5, 0.6) is 0 Å². The van der Waals surface area contributed by atoms with Crippen molar-refractivity contribution in [2.45, 2.75) is 70.1 Å². The number of likely N-dealkylation sites (tertiary alicyclic amines) is 1. The molecule has 1 amide bonds. The summed E-state index contributed by atoms with van der Waals surface area (Å²) in [6, 6.07) is 17.5. The standard InChI is InChI=1S/C31H36N2O6/c1-19(34)38-25-18-22(28(35)37-5)26-31(23-13-9-10-14-24(23)32-26)15-16-33(29(36)39-30(2,3)4)27(31)21(25)17-20-11-7-6-8-12-20/h6-14,21,25,27,32H,15-18H2,1-5H3/t21-,25-,27+,31+/m0/s1. The number of rotatable bonds is 4. The number of carbonyl (C=O) groups is 3. The topological polar surface area (TPSA) is 94.2 Å². The van der Waals surface area contributed by atoms with Crippen LogP contribution in [0.4, 0.5) is 10.5 Å². The van der Waals surface area contributed by atoms with Crippen LogP contribution in [-0.2, 0) is 35.6 Å². The first kappa shape index (κ1) is 26.8. The highest BCUT2D eigenvalue weighted by molar-refractivity contribution is 5.93. The zero-order valence-electron chi connectivity index (χ0n) is 23.2. The Morgan fingerprint density at radius 1 is 1.05 bits per heavy atom. The van der Waals surface area contributed by atoms with Crippen LogP contribution in [0.1, 0.15) is 51.7 Å². The van der Waals surface area contributed by atoms with Gasteiger partial charge in [0.15, 0.2) is 0 Å². The summed E-state index contributed by atoms with van der Waals surface area (Å²) in [6.07, 6.45) is 0.187. The summed E-state index contributed by atoms with van der Waals surface area (Å²) in [5, 5.41) is 3.53. The summed E-state index contributed by atoms with van der Waals surface area (Å²) >= 11 is 0. The molecule has 0 unspecified atom stereocenters. The van der Waals surface area contributed by atoms with Gasteiger partial charge in [0.1, 0.15) is 11.7 Å². The summed E-state index contributed by atoms with van der Waals surface area (Å²) in [5.41, 5.74) is 2.70. The molecule has 0 aromatic heterocycles. The number of para-hydroxylation sites is 1. The van der Waals surface area contributed by atoms with Gasteiger partial charge in [-0.25, -0.2) is 9.59 Å². The normalized spacial score (nSPS) is 25.6. The molecule has 0 saturated carbocycles. The zero-order valence-corrected chi connectivity index (χ0v) is 23.2. The third-order valence-corrected chi connectivity index (χ3v) is 7.98. The molecule has 206 valence electrons. The second kappa shape index (κ2) is 10.1. The fourth-order valence-electron chi connectivity index (χ4n) is 6.68. The quantitative estimate of drug-likeness (QED) is 0.438. The summed E-state index contributed by atoms with van der Waals surface area (Å²) in [4.78, 5) is 41.3. The van der Waals surface area contributed by atoms with Crippen molar-refractivity contribution >= 4 is 23.7 Å². The van der Waals surface area contributed by atoms with Gasteiger partial charge >= 0.3 is 18.0 Å². The first-order valence-corrected chi connectivity index (χ1v) is 13.4. The first-order valence-electron chi connectivity index (χ1n) is 13.4. The fourth-order valence-corrected chi connectivity index (χ4v) is 6.68. The van der Waals surface area contributed by atoms with Crippen LogP contribution in [0.3, 0.4) is 0 Å². The maximum atomic E-state index is 13.8. The Bertz CT molecular complexity index is 1310. The number of anilines is 1. The number of esters is 2. The molecule has 8 nitrogen and oxygen atoms in total. The average molecular weight is 533 g/mol. The first-order chi connectivity index (χ1) is 18.5. The van der Waals surface area contributed by atoms with Gasteiger partial charge in [0.2, 0.25) is 0 Å². The predicted octanol–water partition coefficient (Wildman–Crippen LogP) is 4.98. The minimum Gasteiger partial charge on any atom is -0.466 e. The highest BCUT2D eigenvalue weighted by Crippen LogP contribution is 2.58. The number of amides is 1. The highest BCUT2D eigenvalue weighted by atomic mass is 16.6. The Hall–Kier alpha value is -3.81. The number of benzene rings is 2. The van der Waals surface area contributed by atoms with Crippen LogP contribution >= 0.6 is 0 Å². The second-order valence-corrected chi connectivity index (χ2v) is 11.6. The van der Waals surface area contributed by atoms with E-state index in [9.17, 15) is 14.4 Å². The maximum absolute atomic E-state index is 13.8. The molecule has 5 rings (SSSR count). The van der Waals surface area contributed by atoms with E-state index in [0.29, 0.717) is 25.0 Å². The molecule has 1 spiro atoms. The van der Waals surface area contributed by atoms with Gasteiger partial charge < -0.3 is 24.4 Å². The number of hydrogen-bond acceptors (Lipinski definition) is 7. The predicted molar refractivity (Wildman–Crippen MR) is 146 cm³/mol. The van der Waals surface area contributed by atoms with Crippen molar-refractivity contribution in [2.75, 3.05) is 19.0 Å². The Morgan fingerprint density at radius 3 is 2.41 bits per heavy atom. The molecule has 1 fully saturated rings. The van der Waals surface area contributed by atoms with E-state index >= 15 is 0 Å². The molecular weight excluding hydrogens is 496 g/mol. The Morgan fingerprint density at radius 2 is 1.74 bits per heavy atom. The summed E-state index contributed by atoms with van der Waals surface area (Å²) in [6.45, 7) is 7.34. The third kappa shape index (κ3) is 4.77. The van der Waals surface area contributed by atoms with E-state index in [0.717, 1.165) is 22.5 Å². The van der Waals surface area contributed by atoms with Gasteiger partial charge in [0, 0.05) is 37.2 Å². The highest BCUT2D eigenvalue weighted by Gasteiger charge is 2.63. The third-order valence-electron chi connectivity index (χ3n) is 7.98. The molecule has 2 aromatic carbocycles. The van der Waals surface area contributed by atoms with Crippen LogP contribution in [0, 0.1) is 5.92 Å². The van der Waals surface area contributed by atoms with Gasteiger partial charge in [-0.2, -0.15) is 0 Å². The number of nitrogens with zero attached hydrogens (tertiary/aromatic N) is 1. The van der Waals surface area contributed by atoms with Gasteiger partial charge in [-0.1, -0.05) is 48.5 Å². The summed E-state index contributed by atoms with van der Waals surface area (Å²) < 4.78 is 17.1. The minimum atomic E-state index is -0.731. The molecular formula is C31H36N2O6. The summed E-state index contributed by atoms with van der Waals surface area (Å²) in [7, 11) is 1.36. The van der Waals surface area contributed by atoms with Crippen molar-refractivity contribution in [3.05, 3.63) is 77.0 Å². The van der Waals surface area contributed by atoms with Gasteiger partial charge in [0.05, 0.1) is 24.1 Å². The number of carbonyl (C=O) groups excluding carboxylic acids is 3. The number of fused-ring (bicyclic) bond motifs is 1.